The molecule has 0 radical (unpaired) electrons. The smallest absolute Gasteiger partial charge is 0.178 e. The molecule has 1 aromatic rings. The van der Waals surface area contributed by atoms with Crippen LogP contribution in [-0.4, -0.2) is 31.7 Å². The molecule has 0 saturated carbocycles. The molecule has 1 aromatic carbocycles. The second-order valence-electron chi connectivity index (χ2n) is 4.88. The Labute approximate surface area is 127 Å². The predicted octanol–water partition coefficient (Wildman–Crippen LogP) is 3.81. The maximum atomic E-state index is 11.7. The summed E-state index contributed by atoms with van der Waals surface area (Å²) < 4.78 is 23.7. The summed E-state index contributed by atoms with van der Waals surface area (Å²) in [6.07, 6.45) is 4.37. The quantitative estimate of drug-likeness (QED) is 0.792. The minimum absolute atomic E-state index is 0.140. The molecule has 114 valence electrons. The van der Waals surface area contributed by atoms with Gasteiger partial charge in [-0.25, -0.2) is 8.42 Å². The van der Waals surface area contributed by atoms with Gasteiger partial charge in [0.25, 0.3) is 0 Å². The van der Waals surface area contributed by atoms with Crippen LogP contribution in [0.25, 0.3) is 0 Å². The molecule has 0 unspecified atom stereocenters. The van der Waals surface area contributed by atoms with E-state index in [1.54, 1.807) is 19.1 Å². The van der Waals surface area contributed by atoms with Crippen molar-refractivity contribution in [1.29, 1.82) is 0 Å². The van der Waals surface area contributed by atoms with E-state index in [1.807, 2.05) is 23.9 Å². The number of hydrogen-bond acceptors (Lipinski definition) is 4. The number of benzene rings is 1. The number of rotatable bonds is 8. The van der Waals surface area contributed by atoms with E-state index in [0.717, 1.165) is 25.1 Å². The lowest BCUT2D eigenvalue weighted by atomic mass is 10.0. The van der Waals surface area contributed by atoms with Crippen LogP contribution in [0, 0.1) is 0 Å². The Morgan fingerprint density at radius 2 is 1.65 bits per heavy atom. The SMILES string of the molecule is CCC(CC)(CNc1ccc(S(=O)(=O)CC)cc1)SC. The van der Waals surface area contributed by atoms with Gasteiger partial charge in [-0.3, -0.25) is 0 Å². The molecule has 5 heteroatoms. The normalized spacial score (nSPS) is 12.4. The first kappa shape index (κ1) is 17.4. The molecule has 0 fully saturated rings. The van der Waals surface area contributed by atoms with Crippen molar-refractivity contribution in [3.8, 4) is 0 Å². The van der Waals surface area contributed by atoms with Gasteiger partial charge in [-0.05, 0) is 43.4 Å². The Bertz CT molecular complexity index is 497. The second-order valence-corrected chi connectivity index (χ2v) is 8.43. The van der Waals surface area contributed by atoms with Crippen molar-refractivity contribution < 1.29 is 8.42 Å². The molecule has 0 aliphatic carbocycles. The zero-order valence-corrected chi connectivity index (χ0v) is 14.4. The first-order chi connectivity index (χ1) is 9.43. The van der Waals surface area contributed by atoms with Crippen LogP contribution in [0.1, 0.15) is 33.6 Å². The molecule has 0 aliphatic rings. The summed E-state index contributed by atoms with van der Waals surface area (Å²) in [6, 6.07) is 7.05. The summed E-state index contributed by atoms with van der Waals surface area (Å²) in [6.45, 7) is 6.97. The first-order valence-electron chi connectivity index (χ1n) is 7.05. The monoisotopic (exact) mass is 315 g/mol. The van der Waals surface area contributed by atoms with E-state index < -0.39 is 9.84 Å². The van der Waals surface area contributed by atoms with E-state index in [-0.39, 0.29) is 10.5 Å². The fourth-order valence-corrected chi connectivity index (χ4v) is 3.75. The molecule has 0 atom stereocenters. The fraction of sp³-hybridized carbons (Fsp3) is 0.600. The van der Waals surface area contributed by atoms with Gasteiger partial charge in [-0.1, -0.05) is 20.8 Å². The predicted molar refractivity (Wildman–Crippen MR) is 89.5 cm³/mol. The first-order valence-corrected chi connectivity index (χ1v) is 9.92. The Hall–Kier alpha value is -0.680. The summed E-state index contributed by atoms with van der Waals surface area (Å²) in [5.74, 6) is 0.140. The minimum Gasteiger partial charge on any atom is -0.384 e. The summed E-state index contributed by atoms with van der Waals surface area (Å²) in [7, 11) is -3.10. The largest absolute Gasteiger partial charge is 0.384 e. The van der Waals surface area contributed by atoms with Gasteiger partial charge in [-0.15, -0.1) is 0 Å². The fourth-order valence-electron chi connectivity index (χ4n) is 2.07. The van der Waals surface area contributed by atoms with E-state index >= 15 is 0 Å². The van der Waals surface area contributed by atoms with Gasteiger partial charge in [0.15, 0.2) is 9.84 Å². The van der Waals surface area contributed by atoms with Crippen molar-refractivity contribution in [1.82, 2.24) is 0 Å². The molecule has 0 bridgehead atoms. The number of nitrogens with one attached hydrogen (secondary N) is 1. The maximum Gasteiger partial charge on any atom is 0.178 e. The number of anilines is 1. The molecule has 3 nitrogen and oxygen atoms in total. The van der Waals surface area contributed by atoms with Gasteiger partial charge in [0.05, 0.1) is 10.6 Å². The standard InChI is InChI=1S/C15H25NO2S2/c1-5-15(6-2,19-4)12-16-13-8-10-14(11-9-13)20(17,18)7-3/h8-11,16H,5-7,12H2,1-4H3. The van der Waals surface area contributed by atoms with Crippen LogP contribution < -0.4 is 5.32 Å². The molecule has 0 heterocycles. The van der Waals surface area contributed by atoms with Gasteiger partial charge in [0.2, 0.25) is 0 Å². The lowest BCUT2D eigenvalue weighted by molar-refractivity contribution is 0.574. The van der Waals surface area contributed by atoms with Crippen molar-refractivity contribution in [2.45, 2.75) is 43.3 Å². The lowest BCUT2D eigenvalue weighted by Crippen LogP contribution is -2.31. The summed E-state index contributed by atoms with van der Waals surface area (Å²) in [5, 5.41) is 3.42. The van der Waals surface area contributed by atoms with E-state index in [2.05, 4.69) is 25.4 Å². The molecule has 0 aliphatic heterocycles. The third kappa shape index (κ3) is 4.16. The van der Waals surface area contributed by atoms with Gasteiger partial charge in [0, 0.05) is 17.0 Å². The molecule has 0 aromatic heterocycles. The molecule has 0 spiro atoms. The van der Waals surface area contributed by atoms with Crippen LogP contribution in [0.3, 0.4) is 0 Å². The van der Waals surface area contributed by atoms with Crippen LogP contribution >= 0.6 is 11.8 Å². The van der Waals surface area contributed by atoms with Gasteiger partial charge < -0.3 is 5.32 Å². The highest BCUT2D eigenvalue weighted by Crippen LogP contribution is 2.30. The highest BCUT2D eigenvalue weighted by Gasteiger charge is 2.24. The number of sulfone groups is 1. The van der Waals surface area contributed by atoms with Crippen molar-refractivity contribution in [3.05, 3.63) is 24.3 Å². The number of thioether (sulfide) groups is 1. The Kier molecular flexibility index (Phi) is 6.40. The van der Waals surface area contributed by atoms with E-state index in [9.17, 15) is 8.42 Å². The van der Waals surface area contributed by atoms with Crippen molar-refractivity contribution in [2.24, 2.45) is 0 Å². The van der Waals surface area contributed by atoms with Gasteiger partial charge >= 0.3 is 0 Å². The average molecular weight is 316 g/mol. The van der Waals surface area contributed by atoms with Crippen molar-refractivity contribution in [3.63, 3.8) is 0 Å². The topological polar surface area (TPSA) is 46.2 Å². The lowest BCUT2D eigenvalue weighted by Gasteiger charge is -2.30. The van der Waals surface area contributed by atoms with Gasteiger partial charge in [-0.2, -0.15) is 11.8 Å². The molecule has 20 heavy (non-hydrogen) atoms. The Morgan fingerprint density at radius 1 is 1.10 bits per heavy atom. The molecular formula is C15H25NO2S2. The molecular weight excluding hydrogens is 290 g/mol. The maximum absolute atomic E-state index is 11.7. The molecule has 1 rings (SSSR count). The summed E-state index contributed by atoms with van der Waals surface area (Å²) >= 11 is 1.89. The average Bonchev–Trinajstić information content (AvgIpc) is 2.50. The Morgan fingerprint density at radius 3 is 2.05 bits per heavy atom. The third-order valence-corrected chi connectivity index (χ3v) is 7.27. The molecule has 0 saturated heterocycles. The Balaban J connectivity index is 2.76. The van der Waals surface area contributed by atoms with Crippen molar-refractivity contribution in [2.75, 3.05) is 23.9 Å². The highest BCUT2D eigenvalue weighted by molar-refractivity contribution is 8.00. The highest BCUT2D eigenvalue weighted by atomic mass is 32.2. The van der Waals surface area contributed by atoms with Crippen LogP contribution in [0.5, 0.6) is 0 Å². The molecule has 0 amide bonds. The van der Waals surface area contributed by atoms with Crippen LogP contribution in [-0.2, 0) is 9.84 Å². The minimum atomic E-state index is -3.10. The zero-order valence-electron chi connectivity index (χ0n) is 12.8. The molecule has 1 N–H and O–H groups in total. The third-order valence-electron chi connectivity index (χ3n) is 3.93. The van der Waals surface area contributed by atoms with E-state index in [4.69, 9.17) is 0 Å². The zero-order chi connectivity index (χ0) is 15.2. The van der Waals surface area contributed by atoms with Gasteiger partial charge in [0.1, 0.15) is 0 Å². The summed E-state index contributed by atoms with van der Waals surface area (Å²) in [4.78, 5) is 0.396. The summed E-state index contributed by atoms with van der Waals surface area (Å²) in [5.41, 5.74) is 0.973. The van der Waals surface area contributed by atoms with E-state index in [1.165, 1.54) is 0 Å². The second kappa shape index (κ2) is 7.36. The van der Waals surface area contributed by atoms with Crippen LogP contribution in [0.15, 0.2) is 29.2 Å². The van der Waals surface area contributed by atoms with Crippen molar-refractivity contribution >= 4 is 27.3 Å². The van der Waals surface area contributed by atoms with E-state index in [0.29, 0.717) is 4.90 Å². The van der Waals surface area contributed by atoms with Crippen LogP contribution in [0.4, 0.5) is 5.69 Å². The van der Waals surface area contributed by atoms with Crippen LogP contribution in [0.2, 0.25) is 0 Å². The number of hydrogen-bond donors (Lipinski definition) is 1.